The number of benzene rings is 1. The molecule has 0 atom stereocenters. The van der Waals surface area contributed by atoms with Gasteiger partial charge in [0, 0.05) is 5.56 Å². The molecule has 0 bridgehead atoms. The summed E-state index contributed by atoms with van der Waals surface area (Å²) < 4.78 is 4.75. The smallest absolute Gasteiger partial charge is 0.379 e. The van der Waals surface area contributed by atoms with Gasteiger partial charge < -0.3 is 4.74 Å². The highest BCUT2D eigenvalue weighted by Crippen LogP contribution is 2.05. The Morgan fingerprint density at radius 1 is 1.20 bits per heavy atom. The molecule has 1 rings (SSSR count). The highest BCUT2D eigenvalue weighted by Gasteiger charge is 2.16. The molecule has 0 aromatic heterocycles. The number of ether oxygens (including phenoxy) is 1. The van der Waals surface area contributed by atoms with E-state index in [0.29, 0.717) is 12.0 Å². The Bertz CT molecular complexity index is 352. The third-order valence-electron chi connectivity index (χ3n) is 1.94. The van der Waals surface area contributed by atoms with E-state index in [9.17, 15) is 9.59 Å². The predicted octanol–water partition coefficient (Wildman–Crippen LogP) is 2.13. The van der Waals surface area contributed by atoms with Crippen molar-refractivity contribution in [2.24, 2.45) is 0 Å². The maximum Gasteiger partial charge on any atom is 0.379 e. The molecular formula is C12H14O3. The third-order valence-corrected chi connectivity index (χ3v) is 1.94. The maximum atomic E-state index is 11.5. The van der Waals surface area contributed by atoms with Gasteiger partial charge in [-0.3, -0.25) is 4.79 Å². The van der Waals surface area contributed by atoms with Gasteiger partial charge in [0.1, 0.15) is 0 Å². The van der Waals surface area contributed by atoms with Crippen molar-refractivity contribution < 1.29 is 14.3 Å². The summed E-state index contributed by atoms with van der Waals surface area (Å²) in [5.74, 6) is -1.36. The van der Waals surface area contributed by atoms with Gasteiger partial charge in [0.25, 0.3) is 5.78 Å². The zero-order valence-electron chi connectivity index (χ0n) is 8.95. The Labute approximate surface area is 89.1 Å². The summed E-state index contributed by atoms with van der Waals surface area (Å²) in [6, 6.07) is 6.84. The van der Waals surface area contributed by atoms with Crippen molar-refractivity contribution in [1.29, 1.82) is 0 Å². The van der Waals surface area contributed by atoms with Gasteiger partial charge in [-0.2, -0.15) is 0 Å². The maximum absolute atomic E-state index is 11.5. The molecule has 0 unspecified atom stereocenters. The van der Waals surface area contributed by atoms with Crippen LogP contribution in [0.3, 0.4) is 0 Å². The number of carbonyl (C=O) groups is 2. The van der Waals surface area contributed by atoms with Crippen molar-refractivity contribution in [1.82, 2.24) is 0 Å². The molecule has 80 valence electrons. The molecule has 0 aliphatic heterocycles. The van der Waals surface area contributed by atoms with Crippen LogP contribution in [0, 0.1) is 6.92 Å². The molecule has 3 nitrogen and oxygen atoms in total. The first-order chi connectivity index (χ1) is 7.15. The molecule has 3 heteroatoms. The highest BCUT2D eigenvalue weighted by atomic mass is 16.5. The zero-order chi connectivity index (χ0) is 11.3. The number of hydrogen-bond acceptors (Lipinski definition) is 3. The molecule has 0 spiro atoms. The van der Waals surface area contributed by atoms with Gasteiger partial charge in [-0.1, -0.05) is 36.8 Å². The van der Waals surface area contributed by atoms with Crippen molar-refractivity contribution in [3.05, 3.63) is 35.4 Å². The van der Waals surface area contributed by atoms with E-state index in [1.54, 1.807) is 24.3 Å². The Kier molecular flexibility index (Phi) is 4.03. The van der Waals surface area contributed by atoms with E-state index in [1.807, 2.05) is 13.8 Å². The largest absolute Gasteiger partial charge is 0.460 e. The Hall–Kier alpha value is -1.64. The molecule has 0 saturated carbocycles. The summed E-state index contributed by atoms with van der Waals surface area (Å²) >= 11 is 0. The zero-order valence-corrected chi connectivity index (χ0v) is 8.95. The first-order valence-electron chi connectivity index (χ1n) is 4.93. The first-order valence-corrected chi connectivity index (χ1v) is 4.93. The van der Waals surface area contributed by atoms with Crippen molar-refractivity contribution >= 4 is 11.8 Å². The van der Waals surface area contributed by atoms with Crippen LogP contribution in [0.5, 0.6) is 0 Å². The van der Waals surface area contributed by atoms with Gasteiger partial charge in [-0.15, -0.1) is 0 Å². The number of carbonyl (C=O) groups excluding carboxylic acids is 2. The minimum Gasteiger partial charge on any atom is -0.460 e. The van der Waals surface area contributed by atoms with Crippen LogP contribution in [0.25, 0.3) is 0 Å². The van der Waals surface area contributed by atoms with E-state index in [0.717, 1.165) is 5.56 Å². The standard InChI is InChI=1S/C12H14O3/c1-3-8-15-12(14)11(13)10-6-4-9(2)5-7-10/h4-7H,3,8H2,1-2H3. The number of rotatable bonds is 4. The van der Waals surface area contributed by atoms with Crippen LogP contribution in [0.2, 0.25) is 0 Å². The average molecular weight is 206 g/mol. The molecule has 0 aliphatic carbocycles. The molecule has 1 aromatic rings. The lowest BCUT2D eigenvalue weighted by Gasteiger charge is -2.02. The van der Waals surface area contributed by atoms with Gasteiger partial charge in [-0.25, -0.2) is 4.79 Å². The summed E-state index contributed by atoms with van der Waals surface area (Å²) in [5.41, 5.74) is 1.43. The molecular weight excluding hydrogens is 192 g/mol. The summed E-state index contributed by atoms with van der Waals surface area (Å²) in [6.45, 7) is 4.09. The van der Waals surface area contributed by atoms with Gasteiger partial charge in [0.05, 0.1) is 6.61 Å². The number of ketones is 1. The number of esters is 1. The first kappa shape index (κ1) is 11.4. The molecule has 0 heterocycles. The van der Waals surface area contributed by atoms with E-state index in [-0.39, 0.29) is 6.61 Å². The van der Waals surface area contributed by atoms with Crippen LogP contribution in [-0.4, -0.2) is 18.4 Å². The van der Waals surface area contributed by atoms with Crippen LogP contribution >= 0.6 is 0 Å². The topological polar surface area (TPSA) is 43.4 Å². The molecule has 0 radical (unpaired) electrons. The summed E-state index contributed by atoms with van der Waals surface area (Å²) in [6.07, 6.45) is 0.715. The van der Waals surface area contributed by atoms with Crippen LogP contribution < -0.4 is 0 Å². The average Bonchev–Trinajstić information content (AvgIpc) is 2.26. The third kappa shape index (κ3) is 3.20. The molecule has 0 amide bonds. The summed E-state index contributed by atoms with van der Waals surface area (Å²) in [4.78, 5) is 22.7. The van der Waals surface area contributed by atoms with Crippen LogP contribution in [0.4, 0.5) is 0 Å². The fraction of sp³-hybridized carbons (Fsp3) is 0.333. The summed E-state index contributed by atoms with van der Waals surface area (Å²) in [5, 5.41) is 0. The molecule has 15 heavy (non-hydrogen) atoms. The lowest BCUT2D eigenvalue weighted by Crippen LogP contribution is -2.17. The van der Waals surface area contributed by atoms with Crippen molar-refractivity contribution in [2.45, 2.75) is 20.3 Å². The van der Waals surface area contributed by atoms with Crippen LogP contribution in [0.15, 0.2) is 24.3 Å². The second-order valence-corrected chi connectivity index (χ2v) is 3.33. The second kappa shape index (κ2) is 5.29. The normalized spacial score (nSPS) is 9.73. The van der Waals surface area contributed by atoms with E-state index >= 15 is 0 Å². The summed E-state index contributed by atoms with van der Waals surface area (Å²) in [7, 11) is 0. The Morgan fingerprint density at radius 3 is 2.33 bits per heavy atom. The number of aryl methyl sites for hydroxylation is 1. The molecule has 0 fully saturated rings. The molecule has 0 N–H and O–H groups in total. The van der Waals surface area contributed by atoms with Crippen LogP contribution in [0.1, 0.15) is 29.3 Å². The fourth-order valence-corrected chi connectivity index (χ4v) is 1.08. The number of hydrogen-bond donors (Lipinski definition) is 0. The van der Waals surface area contributed by atoms with Gasteiger partial charge in [0.2, 0.25) is 0 Å². The molecule has 0 aliphatic rings. The predicted molar refractivity (Wildman–Crippen MR) is 56.8 cm³/mol. The SMILES string of the molecule is CCCOC(=O)C(=O)c1ccc(C)cc1. The van der Waals surface area contributed by atoms with E-state index in [4.69, 9.17) is 4.74 Å². The van der Waals surface area contributed by atoms with Gasteiger partial charge >= 0.3 is 5.97 Å². The minimum atomic E-state index is -0.777. The Morgan fingerprint density at radius 2 is 1.80 bits per heavy atom. The molecule has 0 saturated heterocycles. The van der Waals surface area contributed by atoms with Crippen molar-refractivity contribution in [3.63, 3.8) is 0 Å². The monoisotopic (exact) mass is 206 g/mol. The van der Waals surface area contributed by atoms with E-state index < -0.39 is 11.8 Å². The second-order valence-electron chi connectivity index (χ2n) is 3.33. The Balaban J connectivity index is 2.68. The lowest BCUT2D eigenvalue weighted by molar-refractivity contribution is -0.138. The van der Waals surface area contributed by atoms with Crippen molar-refractivity contribution in [2.75, 3.05) is 6.61 Å². The van der Waals surface area contributed by atoms with Crippen molar-refractivity contribution in [3.8, 4) is 0 Å². The quantitative estimate of drug-likeness (QED) is 0.430. The lowest BCUT2D eigenvalue weighted by atomic mass is 10.1. The van der Waals surface area contributed by atoms with Crippen LogP contribution in [-0.2, 0) is 9.53 Å². The number of Topliss-reactive ketones (excluding diaryl/α,β-unsaturated/α-hetero) is 1. The minimum absolute atomic E-state index is 0.288. The molecule has 1 aromatic carbocycles. The van der Waals surface area contributed by atoms with Gasteiger partial charge in [-0.05, 0) is 13.3 Å². The van der Waals surface area contributed by atoms with E-state index in [2.05, 4.69) is 0 Å². The highest BCUT2D eigenvalue weighted by molar-refractivity contribution is 6.40. The van der Waals surface area contributed by atoms with Gasteiger partial charge in [0.15, 0.2) is 0 Å². The van der Waals surface area contributed by atoms with E-state index in [1.165, 1.54) is 0 Å². The fourth-order valence-electron chi connectivity index (χ4n) is 1.08.